The van der Waals surface area contributed by atoms with Gasteiger partial charge in [-0.25, -0.2) is 0 Å². The third-order valence-electron chi connectivity index (χ3n) is 4.73. The van der Waals surface area contributed by atoms with Gasteiger partial charge in [-0.1, -0.05) is 12.1 Å². The van der Waals surface area contributed by atoms with Crippen LogP contribution in [0.25, 0.3) is 0 Å². The van der Waals surface area contributed by atoms with E-state index in [2.05, 4.69) is 0 Å². The van der Waals surface area contributed by atoms with E-state index < -0.39 is 0 Å². The number of imide groups is 1. The number of carbonyl (C=O) groups excluding carboxylic acids is 3. The SMILES string of the molecule is CC(=O)OCCOCCOCCOCCOCCOCCOCCN1C(=O)c2ccccc2C1=O. The van der Waals surface area contributed by atoms with Crippen LogP contribution in [0.5, 0.6) is 0 Å². The van der Waals surface area contributed by atoms with Gasteiger partial charge in [0.05, 0.1) is 97.0 Å². The van der Waals surface area contributed by atoms with Gasteiger partial charge < -0.3 is 33.2 Å². The number of rotatable bonds is 21. The maximum absolute atomic E-state index is 12.2. The molecule has 0 N–H and O–H groups in total. The molecule has 1 aromatic rings. The molecule has 11 heteroatoms. The van der Waals surface area contributed by atoms with Crippen molar-refractivity contribution in [1.82, 2.24) is 4.90 Å². The summed E-state index contributed by atoms with van der Waals surface area (Å²) in [4.78, 5) is 36.2. The van der Waals surface area contributed by atoms with Crippen molar-refractivity contribution in [3.63, 3.8) is 0 Å². The Morgan fingerprint density at radius 2 is 0.943 bits per heavy atom. The van der Waals surface area contributed by atoms with Gasteiger partial charge in [-0.15, -0.1) is 0 Å². The van der Waals surface area contributed by atoms with E-state index in [9.17, 15) is 14.4 Å². The number of hydrogen-bond acceptors (Lipinski definition) is 10. The zero-order valence-electron chi connectivity index (χ0n) is 20.2. The minimum Gasteiger partial charge on any atom is -0.463 e. The van der Waals surface area contributed by atoms with Crippen molar-refractivity contribution >= 4 is 17.8 Å². The normalized spacial score (nSPS) is 12.9. The molecular formula is C24H35NO10. The van der Waals surface area contributed by atoms with Gasteiger partial charge in [0, 0.05) is 6.92 Å². The number of hydrogen-bond donors (Lipinski definition) is 0. The fourth-order valence-corrected chi connectivity index (χ4v) is 3.04. The van der Waals surface area contributed by atoms with Crippen molar-refractivity contribution in [2.75, 3.05) is 92.4 Å². The summed E-state index contributed by atoms with van der Waals surface area (Å²) in [5, 5.41) is 0. The van der Waals surface area contributed by atoms with Gasteiger partial charge in [-0.05, 0) is 12.1 Å². The Bertz CT molecular complexity index is 737. The Morgan fingerprint density at radius 1 is 0.600 bits per heavy atom. The van der Waals surface area contributed by atoms with Crippen LogP contribution in [0.3, 0.4) is 0 Å². The highest BCUT2D eigenvalue weighted by atomic mass is 16.6. The predicted molar refractivity (Wildman–Crippen MR) is 123 cm³/mol. The highest BCUT2D eigenvalue weighted by molar-refractivity contribution is 6.21. The van der Waals surface area contributed by atoms with E-state index in [4.69, 9.17) is 33.2 Å². The molecule has 2 amide bonds. The van der Waals surface area contributed by atoms with Crippen molar-refractivity contribution in [3.8, 4) is 0 Å². The van der Waals surface area contributed by atoms with Crippen LogP contribution in [0.15, 0.2) is 24.3 Å². The Labute approximate surface area is 205 Å². The van der Waals surface area contributed by atoms with Crippen LogP contribution < -0.4 is 0 Å². The van der Waals surface area contributed by atoms with Crippen molar-refractivity contribution in [1.29, 1.82) is 0 Å². The van der Waals surface area contributed by atoms with Crippen molar-refractivity contribution in [2.45, 2.75) is 6.92 Å². The molecule has 11 nitrogen and oxygen atoms in total. The van der Waals surface area contributed by atoms with Crippen LogP contribution in [0.2, 0.25) is 0 Å². The number of benzene rings is 1. The maximum Gasteiger partial charge on any atom is 0.302 e. The van der Waals surface area contributed by atoms with E-state index in [1.165, 1.54) is 11.8 Å². The van der Waals surface area contributed by atoms with Gasteiger partial charge in [-0.3, -0.25) is 19.3 Å². The van der Waals surface area contributed by atoms with Crippen molar-refractivity contribution in [3.05, 3.63) is 35.4 Å². The predicted octanol–water partition coefficient (Wildman–Crippen LogP) is 0.945. The van der Waals surface area contributed by atoms with E-state index in [0.717, 1.165) is 0 Å². The molecule has 1 aliphatic rings. The lowest BCUT2D eigenvalue weighted by Crippen LogP contribution is -2.33. The molecule has 0 saturated carbocycles. The quantitative estimate of drug-likeness (QED) is 0.138. The molecular weight excluding hydrogens is 462 g/mol. The van der Waals surface area contributed by atoms with E-state index in [1.54, 1.807) is 24.3 Å². The summed E-state index contributed by atoms with van der Waals surface area (Å²) in [6.45, 7) is 6.79. The number of fused-ring (bicyclic) bond motifs is 1. The lowest BCUT2D eigenvalue weighted by atomic mass is 10.1. The van der Waals surface area contributed by atoms with Gasteiger partial charge in [-0.2, -0.15) is 0 Å². The summed E-state index contributed by atoms with van der Waals surface area (Å²) in [7, 11) is 0. The minimum atomic E-state index is -0.319. The lowest BCUT2D eigenvalue weighted by molar-refractivity contribution is -0.142. The van der Waals surface area contributed by atoms with Crippen LogP contribution in [-0.2, 0) is 38.0 Å². The van der Waals surface area contributed by atoms with Gasteiger partial charge >= 0.3 is 5.97 Å². The molecule has 2 rings (SSSR count). The van der Waals surface area contributed by atoms with Crippen LogP contribution in [0.1, 0.15) is 27.6 Å². The van der Waals surface area contributed by atoms with Crippen molar-refractivity contribution in [2.24, 2.45) is 0 Å². The Balaban J connectivity index is 1.28. The number of amides is 2. The van der Waals surface area contributed by atoms with Gasteiger partial charge in [0.2, 0.25) is 0 Å². The summed E-state index contributed by atoms with van der Waals surface area (Å²) in [6, 6.07) is 6.80. The Hall–Kier alpha value is -2.41. The Morgan fingerprint density at radius 3 is 1.31 bits per heavy atom. The average Bonchev–Trinajstić information content (AvgIpc) is 3.09. The first-order valence-electron chi connectivity index (χ1n) is 11.7. The monoisotopic (exact) mass is 497 g/mol. The summed E-state index contributed by atoms with van der Waals surface area (Å²) in [5.41, 5.74) is 0.881. The molecule has 196 valence electrons. The molecule has 1 heterocycles. The smallest absolute Gasteiger partial charge is 0.302 e. The molecule has 0 spiro atoms. The Kier molecular flexibility index (Phi) is 14.8. The van der Waals surface area contributed by atoms with E-state index in [0.29, 0.717) is 83.8 Å². The first-order valence-corrected chi connectivity index (χ1v) is 11.7. The van der Waals surface area contributed by atoms with Crippen LogP contribution in [-0.4, -0.2) is 115 Å². The van der Waals surface area contributed by atoms with Gasteiger partial charge in [0.15, 0.2) is 0 Å². The molecule has 0 radical (unpaired) electrons. The number of ether oxygens (including phenoxy) is 7. The molecule has 0 bridgehead atoms. The van der Waals surface area contributed by atoms with Crippen LogP contribution in [0, 0.1) is 0 Å². The van der Waals surface area contributed by atoms with Gasteiger partial charge in [0.1, 0.15) is 6.61 Å². The molecule has 1 aromatic carbocycles. The molecule has 0 unspecified atom stereocenters. The maximum atomic E-state index is 12.2. The minimum absolute atomic E-state index is 0.214. The first kappa shape index (κ1) is 28.8. The fourth-order valence-electron chi connectivity index (χ4n) is 3.04. The second-order valence-electron chi connectivity index (χ2n) is 7.32. The van der Waals surface area contributed by atoms with Crippen LogP contribution >= 0.6 is 0 Å². The molecule has 1 aliphatic heterocycles. The molecule has 0 saturated heterocycles. The summed E-state index contributed by atoms with van der Waals surface area (Å²) < 4.78 is 37.0. The van der Waals surface area contributed by atoms with Gasteiger partial charge in [0.25, 0.3) is 11.8 Å². The molecule has 0 aromatic heterocycles. The third-order valence-corrected chi connectivity index (χ3v) is 4.73. The van der Waals surface area contributed by atoms with E-state index in [1.807, 2.05) is 0 Å². The summed E-state index contributed by atoms with van der Waals surface area (Å²) >= 11 is 0. The molecule has 35 heavy (non-hydrogen) atoms. The van der Waals surface area contributed by atoms with E-state index in [-0.39, 0.29) is 37.5 Å². The third kappa shape index (κ3) is 11.7. The topological polar surface area (TPSA) is 119 Å². The second kappa shape index (κ2) is 17.9. The summed E-state index contributed by atoms with van der Waals surface area (Å²) in [5.74, 6) is -0.878. The number of nitrogens with zero attached hydrogens (tertiary/aromatic N) is 1. The van der Waals surface area contributed by atoms with Crippen molar-refractivity contribution < 1.29 is 47.5 Å². The molecule has 0 atom stereocenters. The highest BCUT2D eigenvalue weighted by Gasteiger charge is 2.34. The number of esters is 1. The molecule has 0 fully saturated rings. The average molecular weight is 498 g/mol. The zero-order chi connectivity index (χ0) is 25.1. The van der Waals surface area contributed by atoms with Crippen LogP contribution in [0.4, 0.5) is 0 Å². The lowest BCUT2D eigenvalue weighted by Gasteiger charge is -2.13. The van der Waals surface area contributed by atoms with E-state index >= 15 is 0 Å². The summed E-state index contributed by atoms with van der Waals surface area (Å²) in [6.07, 6.45) is 0. The second-order valence-corrected chi connectivity index (χ2v) is 7.32. The number of carbonyl (C=O) groups is 3. The molecule has 0 aliphatic carbocycles. The largest absolute Gasteiger partial charge is 0.463 e. The fraction of sp³-hybridized carbons (Fsp3) is 0.625. The zero-order valence-corrected chi connectivity index (χ0v) is 20.2. The standard InChI is InChI=1S/C24H35NO10/c1-20(26)35-19-18-34-17-16-33-15-14-32-13-12-31-11-10-30-9-8-29-7-6-25-23(27)21-4-2-3-5-22(21)24(25)28/h2-5H,6-19H2,1H3. The highest BCUT2D eigenvalue weighted by Crippen LogP contribution is 2.21. The first-order chi connectivity index (χ1) is 17.1.